The Morgan fingerprint density at radius 1 is 1.60 bits per heavy atom. The van der Waals surface area contributed by atoms with Gasteiger partial charge < -0.3 is 9.84 Å². The second kappa shape index (κ2) is 5.47. The first-order valence-electron chi connectivity index (χ1n) is 5.64. The van der Waals surface area contributed by atoms with Crippen LogP contribution in [0.2, 0.25) is 0 Å². The number of morpholine rings is 1. The van der Waals surface area contributed by atoms with Gasteiger partial charge in [-0.3, -0.25) is 9.69 Å². The number of carbonyl (C=O) groups is 1. The van der Waals surface area contributed by atoms with Gasteiger partial charge in [-0.1, -0.05) is 20.8 Å². The SMILES string of the molecule is CC[C@H](C(C)C)N1CCOCC1C(=O)O. The zero-order valence-electron chi connectivity index (χ0n) is 9.77. The van der Waals surface area contributed by atoms with E-state index < -0.39 is 12.0 Å². The zero-order valence-corrected chi connectivity index (χ0v) is 9.77. The maximum absolute atomic E-state index is 11.1. The van der Waals surface area contributed by atoms with E-state index in [2.05, 4.69) is 25.7 Å². The quantitative estimate of drug-likeness (QED) is 0.765. The summed E-state index contributed by atoms with van der Waals surface area (Å²) in [4.78, 5) is 13.2. The van der Waals surface area contributed by atoms with Crippen LogP contribution in [-0.4, -0.2) is 47.8 Å². The molecule has 0 aliphatic carbocycles. The number of carboxylic acids is 1. The standard InChI is InChI=1S/C11H21NO3/c1-4-9(8(2)3)12-5-6-15-7-10(12)11(13)14/h8-10H,4-7H2,1-3H3,(H,13,14)/t9-,10?/m1/s1. The van der Waals surface area contributed by atoms with E-state index in [1.54, 1.807) is 0 Å². The van der Waals surface area contributed by atoms with Crippen molar-refractivity contribution in [1.82, 2.24) is 4.90 Å². The van der Waals surface area contributed by atoms with Crippen molar-refractivity contribution in [3.05, 3.63) is 0 Å². The van der Waals surface area contributed by atoms with Gasteiger partial charge in [0.2, 0.25) is 0 Å². The molecule has 2 atom stereocenters. The van der Waals surface area contributed by atoms with Crippen molar-refractivity contribution in [2.24, 2.45) is 5.92 Å². The molecule has 1 fully saturated rings. The lowest BCUT2D eigenvalue weighted by atomic mass is 9.97. The van der Waals surface area contributed by atoms with Crippen LogP contribution in [0.4, 0.5) is 0 Å². The van der Waals surface area contributed by atoms with Gasteiger partial charge in [0.1, 0.15) is 6.04 Å². The summed E-state index contributed by atoms with van der Waals surface area (Å²) in [5, 5.41) is 9.11. The highest BCUT2D eigenvalue weighted by molar-refractivity contribution is 5.73. The average molecular weight is 215 g/mol. The molecule has 1 aliphatic heterocycles. The topological polar surface area (TPSA) is 49.8 Å². The van der Waals surface area contributed by atoms with E-state index in [-0.39, 0.29) is 0 Å². The summed E-state index contributed by atoms with van der Waals surface area (Å²) < 4.78 is 5.23. The van der Waals surface area contributed by atoms with Gasteiger partial charge in [0.05, 0.1) is 13.2 Å². The largest absolute Gasteiger partial charge is 0.480 e. The zero-order chi connectivity index (χ0) is 11.4. The number of aliphatic carboxylic acids is 1. The van der Waals surface area contributed by atoms with Gasteiger partial charge in [0.25, 0.3) is 0 Å². The first kappa shape index (κ1) is 12.5. The van der Waals surface area contributed by atoms with Crippen molar-refractivity contribution in [3.8, 4) is 0 Å². The fraction of sp³-hybridized carbons (Fsp3) is 0.909. The van der Waals surface area contributed by atoms with Crippen LogP contribution in [0, 0.1) is 5.92 Å². The minimum absolute atomic E-state index is 0.318. The smallest absolute Gasteiger partial charge is 0.323 e. The number of carboxylic acid groups (broad SMARTS) is 1. The molecule has 1 rings (SSSR count). The van der Waals surface area contributed by atoms with E-state index in [0.29, 0.717) is 25.2 Å². The molecule has 1 heterocycles. The molecule has 1 aliphatic rings. The third-order valence-corrected chi connectivity index (χ3v) is 3.07. The monoisotopic (exact) mass is 215 g/mol. The minimum Gasteiger partial charge on any atom is -0.480 e. The third kappa shape index (κ3) is 2.92. The van der Waals surface area contributed by atoms with Crippen LogP contribution in [0.5, 0.6) is 0 Å². The van der Waals surface area contributed by atoms with Crippen molar-refractivity contribution in [2.45, 2.75) is 39.3 Å². The van der Waals surface area contributed by atoms with Crippen LogP contribution in [-0.2, 0) is 9.53 Å². The lowest BCUT2D eigenvalue weighted by molar-refractivity contribution is -0.152. The Balaban J connectivity index is 2.73. The molecule has 1 saturated heterocycles. The Hall–Kier alpha value is -0.610. The predicted molar refractivity (Wildman–Crippen MR) is 57.9 cm³/mol. The molecule has 0 saturated carbocycles. The predicted octanol–water partition coefficient (Wildman–Crippen LogP) is 1.21. The van der Waals surface area contributed by atoms with Gasteiger partial charge >= 0.3 is 5.97 Å². The maximum atomic E-state index is 11.1. The first-order chi connectivity index (χ1) is 7.07. The second-order valence-corrected chi connectivity index (χ2v) is 4.39. The molecular weight excluding hydrogens is 194 g/mol. The molecule has 0 amide bonds. The summed E-state index contributed by atoms with van der Waals surface area (Å²) in [6.45, 7) is 8.09. The summed E-state index contributed by atoms with van der Waals surface area (Å²) >= 11 is 0. The molecule has 4 heteroatoms. The van der Waals surface area contributed by atoms with Crippen LogP contribution in [0.15, 0.2) is 0 Å². The van der Waals surface area contributed by atoms with Crippen molar-refractivity contribution < 1.29 is 14.6 Å². The summed E-state index contributed by atoms with van der Waals surface area (Å²) in [5.41, 5.74) is 0. The fourth-order valence-corrected chi connectivity index (χ4v) is 2.32. The highest BCUT2D eigenvalue weighted by Gasteiger charge is 2.34. The Morgan fingerprint density at radius 3 is 2.73 bits per heavy atom. The molecule has 1 unspecified atom stereocenters. The molecule has 0 aromatic carbocycles. The molecule has 0 radical (unpaired) electrons. The molecule has 0 aromatic rings. The van der Waals surface area contributed by atoms with Crippen LogP contribution in [0.25, 0.3) is 0 Å². The Kier molecular flexibility index (Phi) is 4.54. The average Bonchev–Trinajstić information content (AvgIpc) is 2.18. The third-order valence-electron chi connectivity index (χ3n) is 3.07. The molecule has 88 valence electrons. The normalized spacial score (nSPS) is 25.5. The van der Waals surface area contributed by atoms with E-state index in [1.807, 2.05) is 0 Å². The van der Waals surface area contributed by atoms with E-state index >= 15 is 0 Å². The lowest BCUT2D eigenvalue weighted by Crippen LogP contribution is -2.55. The molecular formula is C11H21NO3. The lowest BCUT2D eigenvalue weighted by Gasteiger charge is -2.40. The molecule has 1 N–H and O–H groups in total. The van der Waals surface area contributed by atoms with Crippen LogP contribution in [0.1, 0.15) is 27.2 Å². The minimum atomic E-state index is -0.770. The van der Waals surface area contributed by atoms with E-state index in [1.165, 1.54) is 0 Å². The maximum Gasteiger partial charge on any atom is 0.323 e. The van der Waals surface area contributed by atoms with Crippen molar-refractivity contribution in [1.29, 1.82) is 0 Å². The number of hydrogen-bond acceptors (Lipinski definition) is 3. The summed E-state index contributed by atoms with van der Waals surface area (Å²) in [6, 6.07) is -0.124. The van der Waals surface area contributed by atoms with Crippen molar-refractivity contribution >= 4 is 5.97 Å². The Labute approximate surface area is 91.2 Å². The molecule has 4 nitrogen and oxygen atoms in total. The molecule has 15 heavy (non-hydrogen) atoms. The number of hydrogen-bond donors (Lipinski definition) is 1. The van der Waals surface area contributed by atoms with Gasteiger partial charge in [-0.05, 0) is 12.3 Å². The van der Waals surface area contributed by atoms with Gasteiger partial charge in [0.15, 0.2) is 0 Å². The number of rotatable bonds is 4. The summed E-state index contributed by atoms with van der Waals surface area (Å²) in [5.74, 6) is -0.288. The Bertz CT molecular complexity index is 218. The molecule has 0 spiro atoms. The number of nitrogens with zero attached hydrogens (tertiary/aromatic N) is 1. The van der Waals surface area contributed by atoms with Crippen molar-refractivity contribution in [3.63, 3.8) is 0 Å². The highest BCUT2D eigenvalue weighted by Crippen LogP contribution is 2.20. The van der Waals surface area contributed by atoms with Gasteiger partial charge in [-0.25, -0.2) is 0 Å². The fourth-order valence-electron chi connectivity index (χ4n) is 2.32. The summed E-state index contributed by atoms with van der Waals surface area (Å²) in [6.07, 6.45) is 0.988. The van der Waals surface area contributed by atoms with Crippen LogP contribution >= 0.6 is 0 Å². The number of ether oxygens (including phenoxy) is 1. The van der Waals surface area contributed by atoms with Gasteiger partial charge in [0, 0.05) is 12.6 Å². The van der Waals surface area contributed by atoms with E-state index in [4.69, 9.17) is 9.84 Å². The molecule has 0 bridgehead atoms. The van der Waals surface area contributed by atoms with Gasteiger partial charge in [-0.15, -0.1) is 0 Å². The highest BCUT2D eigenvalue weighted by atomic mass is 16.5. The Morgan fingerprint density at radius 2 is 2.27 bits per heavy atom. The molecule has 0 aromatic heterocycles. The van der Waals surface area contributed by atoms with Crippen molar-refractivity contribution in [2.75, 3.05) is 19.8 Å². The second-order valence-electron chi connectivity index (χ2n) is 4.39. The summed E-state index contributed by atoms with van der Waals surface area (Å²) in [7, 11) is 0. The first-order valence-corrected chi connectivity index (χ1v) is 5.64. The van der Waals surface area contributed by atoms with E-state index in [9.17, 15) is 4.79 Å². The van der Waals surface area contributed by atoms with Crippen LogP contribution < -0.4 is 0 Å². The van der Waals surface area contributed by atoms with E-state index in [0.717, 1.165) is 13.0 Å². The van der Waals surface area contributed by atoms with Crippen LogP contribution in [0.3, 0.4) is 0 Å². The van der Waals surface area contributed by atoms with Gasteiger partial charge in [-0.2, -0.15) is 0 Å².